The van der Waals surface area contributed by atoms with Gasteiger partial charge in [-0.05, 0) is 30.3 Å². The first-order valence-electron chi connectivity index (χ1n) is 10.9. The summed E-state index contributed by atoms with van der Waals surface area (Å²) < 4.78 is 74.2. The maximum Gasteiger partial charge on any atom is 0.341 e. The van der Waals surface area contributed by atoms with Gasteiger partial charge in [0.2, 0.25) is 17.4 Å². The molecule has 7 nitrogen and oxygen atoms in total. The number of fused-ring (bicyclic) bond motifs is 6. The van der Waals surface area contributed by atoms with E-state index in [1.807, 2.05) is 0 Å². The predicted molar refractivity (Wildman–Crippen MR) is 120 cm³/mol. The number of phenolic OH excluding ortho intramolecular Hbond substituents is 1. The van der Waals surface area contributed by atoms with Gasteiger partial charge in [-0.2, -0.15) is 8.78 Å². The molecule has 0 saturated carbocycles. The number of ether oxygens (including phenoxy) is 3. The van der Waals surface area contributed by atoms with Gasteiger partial charge >= 0.3 is 11.9 Å². The van der Waals surface area contributed by atoms with Gasteiger partial charge < -0.3 is 24.4 Å². The van der Waals surface area contributed by atoms with Gasteiger partial charge in [0.1, 0.15) is 28.6 Å². The average molecular weight is 524 g/mol. The predicted octanol–water partition coefficient (Wildman–Crippen LogP) is 6.01. The summed E-state index contributed by atoms with van der Waals surface area (Å²) in [6.07, 6.45) is 0. The van der Waals surface area contributed by atoms with Gasteiger partial charge in [0.15, 0.2) is 17.2 Å². The number of carboxylic acid groups (broad SMARTS) is 1. The summed E-state index contributed by atoms with van der Waals surface area (Å²) in [5, 5.41) is 18.9. The smallest absolute Gasteiger partial charge is 0.341 e. The van der Waals surface area contributed by atoms with Crippen LogP contribution in [-0.4, -0.2) is 22.2 Å². The summed E-state index contributed by atoms with van der Waals surface area (Å²) in [5.74, 6) is -13.2. The van der Waals surface area contributed by atoms with Crippen LogP contribution in [0.1, 0.15) is 37.4 Å². The van der Waals surface area contributed by atoms with Crippen molar-refractivity contribution in [2.24, 2.45) is 0 Å². The SMILES string of the molecule is O=C1OC2(c3ccc(O)cc3Oc3cc(Oc4c(F)c(F)c(C(=O)O)c(F)c4F)ccc32)c2ccccc21. The van der Waals surface area contributed by atoms with E-state index in [2.05, 4.69) is 0 Å². The van der Waals surface area contributed by atoms with Gasteiger partial charge in [0.05, 0.1) is 5.56 Å². The van der Waals surface area contributed by atoms with Crippen LogP contribution in [0.3, 0.4) is 0 Å². The first-order chi connectivity index (χ1) is 18.1. The molecule has 6 rings (SSSR count). The van der Waals surface area contributed by atoms with Gasteiger partial charge in [-0.3, -0.25) is 0 Å². The first kappa shape index (κ1) is 23.3. The minimum absolute atomic E-state index is 0.0194. The van der Waals surface area contributed by atoms with Crippen molar-refractivity contribution in [2.75, 3.05) is 0 Å². The monoisotopic (exact) mass is 524 g/mol. The fourth-order valence-corrected chi connectivity index (χ4v) is 4.72. The van der Waals surface area contributed by atoms with Crippen LogP contribution in [0.5, 0.6) is 28.7 Å². The molecular formula is C27H12F4O7. The average Bonchev–Trinajstić information content (AvgIpc) is 3.18. The number of aromatic carboxylic acids is 1. The largest absolute Gasteiger partial charge is 0.508 e. The fraction of sp³-hybridized carbons (Fsp3) is 0.0370. The molecule has 0 saturated heterocycles. The third kappa shape index (κ3) is 3.08. The van der Waals surface area contributed by atoms with Crippen molar-refractivity contribution in [3.8, 4) is 28.7 Å². The molecule has 1 atom stereocenters. The molecular weight excluding hydrogens is 512 g/mol. The molecule has 0 amide bonds. The fourth-order valence-electron chi connectivity index (χ4n) is 4.72. The molecule has 38 heavy (non-hydrogen) atoms. The normalized spacial score (nSPS) is 16.8. The van der Waals surface area contributed by atoms with E-state index in [9.17, 15) is 32.3 Å². The third-order valence-electron chi connectivity index (χ3n) is 6.33. The number of esters is 1. The van der Waals surface area contributed by atoms with E-state index in [0.717, 1.165) is 6.07 Å². The first-order valence-corrected chi connectivity index (χ1v) is 10.9. The summed E-state index contributed by atoms with van der Waals surface area (Å²) in [4.78, 5) is 23.8. The summed E-state index contributed by atoms with van der Waals surface area (Å²) in [6, 6.07) is 14.5. The molecule has 2 N–H and O–H groups in total. The molecule has 1 spiro atoms. The van der Waals surface area contributed by atoms with Gasteiger partial charge in [-0.1, -0.05) is 18.2 Å². The van der Waals surface area contributed by atoms with E-state index in [1.54, 1.807) is 24.3 Å². The number of hydrogen-bond donors (Lipinski definition) is 2. The number of rotatable bonds is 3. The lowest BCUT2D eigenvalue weighted by Gasteiger charge is -2.36. The molecule has 190 valence electrons. The topological polar surface area (TPSA) is 102 Å². The van der Waals surface area contributed by atoms with E-state index in [-0.39, 0.29) is 28.6 Å². The Balaban J connectivity index is 1.52. The lowest BCUT2D eigenvalue weighted by molar-refractivity contribution is 0.0224. The highest BCUT2D eigenvalue weighted by Crippen LogP contribution is 2.57. The number of carboxylic acids is 1. The molecule has 4 aromatic rings. The van der Waals surface area contributed by atoms with Crippen molar-refractivity contribution in [3.63, 3.8) is 0 Å². The lowest BCUT2D eigenvalue weighted by Crippen LogP contribution is -2.32. The number of benzene rings is 4. The summed E-state index contributed by atoms with van der Waals surface area (Å²) in [5.41, 5.74) is -1.88. The molecule has 11 heteroatoms. The van der Waals surface area contributed by atoms with Crippen molar-refractivity contribution in [2.45, 2.75) is 5.60 Å². The van der Waals surface area contributed by atoms with E-state index < -0.39 is 52.1 Å². The molecule has 2 aliphatic heterocycles. The van der Waals surface area contributed by atoms with Gasteiger partial charge in [0.25, 0.3) is 0 Å². The van der Waals surface area contributed by atoms with Gasteiger partial charge in [0, 0.05) is 28.8 Å². The zero-order valence-corrected chi connectivity index (χ0v) is 18.7. The molecule has 2 heterocycles. The van der Waals surface area contributed by atoms with E-state index in [0.29, 0.717) is 16.7 Å². The van der Waals surface area contributed by atoms with Crippen LogP contribution in [0.15, 0.2) is 60.7 Å². The van der Waals surface area contributed by atoms with Crippen molar-refractivity contribution < 1.29 is 51.6 Å². The van der Waals surface area contributed by atoms with Gasteiger partial charge in [-0.25, -0.2) is 18.4 Å². The van der Waals surface area contributed by atoms with Crippen molar-refractivity contribution in [1.29, 1.82) is 0 Å². The second-order valence-electron chi connectivity index (χ2n) is 8.42. The Morgan fingerprint density at radius 3 is 2.13 bits per heavy atom. The second kappa shape index (κ2) is 7.97. The molecule has 0 bridgehead atoms. The molecule has 2 aliphatic rings. The van der Waals surface area contributed by atoms with E-state index in [1.165, 1.54) is 30.3 Å². The summed E-state index contributed by atoms with van der Waals surface area (Å²) in [7, 11) is 0. The Labute approximate surface area is 210 Å². The zero-order valence-electron chi connectivity index (χ0n) is 18.7. The van der Waals surface area contributed by atoms with Crippen LogP contribution < -0.4 is 9.47 Å². The molecule has 0 radical (unpaired) electrons. The summed E-state index contributed by atoms with van der Waals surface area (Å²) >= 11 is 0. The van der Waals surface area contributed by atoms with Gasteiger partial charge in [-0.15, -0.1) is 0 Å². The Bertz CT molecular complexity index is 1690. The Morgan fingerprint density at radius 1 is 0.816 bits per heavy atom. The van der Waals surface area contributed by atoms with E-state index in [4.69, 9.17) is 19.3 Å². The Kier molecular flexibility index (Phi) is 4.90. The van der Waals surface area contributed by atoms with Crippen molar-refractivity contribution in [1.82, 2.24) is 0 Å². The maximum absolute atomic E-state index is 14.5. The Hall–Kier alpha value is -5.06. The molecule has 1 unspecified atom stereocenters. The van der Waals surface area contributed by atoms with Crippen LogP contribution in [0, 0.1) is 23.3 Å². The Morgan fingerprint density at radius 2 is 1.45 bits per heavy atom. The summed E-state index contributed by atoms with van der Waals surface area (Å²) in [6.45, 7) is 0. The van der Waals surface area contributed by atoms with Crippen LogP contribution in [0.4, 0.5) is 17.6 Å². The number of carbonyl (C=O) groups is 2. The third-order valence-corrected chi connectivity index (χ3v) is 6.33. The molecule has 0 aliphatic carbocycles. The number of phenols is 1. The number of halogens is 4. The number of carbonyl (C=O) groups excluding carboxylic acids is 1. The van der Waals surface area contributed by atoms with Crippen LogP contribution in [0.2, 0.25) is 0 Å². The minimum atomic E-state index is -2.20. The van der Waals surface area contributed by atoms with Crippen molar-refractivity contribution in [3.05, 3.63) is 112 Å². The highest BCUT2D eigenvalue weighted by Gasteiger charge is 2.53. The number of hydrogen-bond acceptors (Lipinski definition) is 6. The highest BCUT2D eigenvalue weighted by atomic mass is 19.2. The quantitative estimate of drug-likeness (QED) is 0.192. The lowest BCUT2D eigenvalue weighted by atomic mass is 9.77. The highest BCUT2D eigenvalue weighted by molar-refractivity contribution is 5.97. The maximum atomic E-state index is 14.5. The van der Waals surface area contributed by atoms with E-state index >= 15 is 0 Å². The molecule has 0 fully saturated rings. The van der Waals surface area contributed by atoms with Crippen molar-refractivity contribution >= 4 is 11.9 Å². The molecule has 4 aromatic carbocycles. The number of aromatic hydroxyl groups is 1. The standard InChI is InChI=1S/C27H12F4O7/c28-20-19(25(33)34)21(29)23(31)24(22(20)30)36-12-6-8-16-18(10-12)37-17-9-11(32)5-7-15(17)27(16)14-4-2-1-3-13(14)26(35)38-27/h1-10,32H,(H,33,34). The second-order valence-corrected chi connectivity index (χ2v) is 8.42. The van der Waals surface area contributed by atoms with Crippen LogP contribution in [0.25, 0.3) is 0 Å². The zero-order chi connectivity index (χ0) is 26.9. The van der Waals surface area contributed by atoms with Crippen LogP contribution in [-0.2, 0) is 10.3 Å². The molecule has 0 aromatic heterocycles. The minimum Gasteiger partial charge on any atom is -0.508 e. The van der Waals surface area contributed by atoms with Crippen LogP contribution >= 0.6 is 0 Å².